The molecule has 2 aromatic rings. The van der Waals surface area contributed by atoms with Crippen LogP contribution in [0.25, 0.3) is 11.1 Å². The molecule has 35 heavy (non-hydrogen) atoms. The maximum Gasteiger partial charge on any atom is 0.122 e. The van der Waals surface area contributed by atoms with Crippen LogP contribution in [0.15, 0.2) is 36.4 Å². The molecule has 0 saturated carbocycles. The number of β-amino-alcohol motifs (C(OH)–C–C–N with tert-alkyl or cyclic N) is 1. The van der Waals surface area contributed by atoms with E-state index in [-0.39, 0.29) is 12.7 Å². The lowest BCUT2D eigenvalue weighted by Crippen LogP contribution is -2.32. The van der Waals surface area contributed by atoms with E-state index < -0.39 is 6.10 Å². The fourth-order valence-corrected chi connectivity index (χ4v) is 4.64. The molecule has 0 amide bonds. The predicted octanol–water partition coefficient (Wildman–Crippen LogP) is 2.86. The Kier molecular flexibility index (Phi) is 10.8. The topological polar surface area (TPSA) is 85.6 Å². The molecule has 1 saturated heterocycles. The van der Waals surface area contributed by atoms with Gasteiger partial charge in [-0.05, 0) is 74.5 Å². The molecule has 1 fully saturated rings. The minimum Gasteiger partial charge on any atom is -0.493 e. The number of aliphatic hydroxyl groups excluding tert-OH is 3. The van der Waals surface area contributed by atoms with Gasteiger partial charge in [0.15, 0.2) is 0 Å². The third-order valence-electron chi connectivity index (χ3n) is 6.66. The van der Waals surface area contributed by atoms with Crippen LogP contribution in [0.3, 0.4) is 0 Å². The minimum atomic E-state index is -0.707. The smallest absolute Gasteiger partial charge is 0.122 e. The molecule has 1 aliphatic rings. The van der Waals surface area contributed by atoms with E-state index in [9.17, 15) is 10.2 Å². The summed E-state index contributed by atoms with van der Waals surface area (Å²) >= 11 is 0. The van der Waals surface area contributed by atoms with Crippen LogP contribution in [0.1, 0.15) is 30.4 Å². The van der Waals surface area contributed by atoms with Crippen LogP contribution in [0.4, 0.5) is 0 Å². The summed E-state index contributed by atoms with van der Waals surface area (Å²) in [6.45, 7) is 9.14. The maximum atomic E-state index is 9.67. The second-order valence-corrected chi connectivity index (χ2v) is 9.60. The maximum absolute atomic E-state index is 9.67. The first kappa shape index (κ1) is 27.4. The number of benzene rings is 2. The van der Waals surface area contributed by atoms with Gasteiger partial charge >= 0.3 is 0 Å². The van der Waals surface area contributed by atoms with Gasteiger partial charge < -0.3 is 34.6 Å². The summed E-state index contributed by atoms with van der Waals surface area (Å²) in [6, 6.07) is 12.3. The van der Waals surface area contributed by atoms with Crippen LogP contribution in [-0.2, 0) is 0 Å². The van der Waals surface area contributed by atoms with Crippen molar-refractivity contribution in [2.24, 2.45) is 0 Å². The Morgan fingerprint density at radius 1 is 1.00 bits per heavy atom. The quantitative estimate of drug-likeness (QED) is 0.354. The van der Waals surface area contributed by atoms with Crippen molar-refractivity contribution in [2.45, 2.75) is 45.3 Å². The number of likely N-dealkylation sites (tertiary alicyclic amines) is 1. The van der Waals surface area contributed by atoms with Crippen LogP contribution in [0.5, 0.6) is 11.5 Å². The molecule has 0 bridgehead atoms. The molecule has 3 rings (SSSR count). The zero-order valence-corrected chi connectivity index (χ0v) is 21.4. The van der Waals surface area contributed by atoms with Crippen LogP contribution >= 0.6 is 0 Å². The molecule has 3 N–H and O–H groups in total. The number of rotatable bonds is 14. The average molecular weight is 487 g/mol. The zero-order valence-electron chi connectivity index (χ0n) is 21.4. The van der Waals surface area contributed by atoms with Crippen LogP contribution in [0.2, 0.25) is 0 Å². The fraction of sp³-hybridized carbons (Fsp3) is 0.571. The zero-order chi connectivity index (χ0) is 25.2. The Morgan fingerprint density at radius 3 is 2.14 bits per heavy atom. The minimum absolute atomic E-state index is 0.176. The van der Waals surface area contributed by atoms with E-state index in [1.54, 1.807) is 0 Å². The molecule has 7 heteroatoms. The monoisotopic (exact) mass is 486 g/mol. The van der Waals surface area contributed by atoms with Crippen molar-refractivity contribution in [1.82, 2.24) is 9.80 Å². The van der Waals surface area contributed by atoms with E-state index in [0.717, 1.165) is 79.2 Å². The summed E-state index contributed by atoms with van der Waals surface area (Å²) < 4.78 is 12.2. The SMILES string of the molecule is Cc1c(OCCCN(C)CC(O)CO)cccc1-c1cccc(OCCCN2CCC(O)C2)c1C. The van der Waals surface area contributed by atoms with E-state index in [4.69, 9.17) is 14.6 Å². The third kappa shape index (κ3) is 8.19. The van der Waals surface area contributed by atoms with Gasteiger partial charge in [-0.3, -0.25) is 0 Å². The molecule has 1 heterocycles. The molecule has 0 radical (unpaired) electrons. The Morgan fingerprint density at radius 2 is 1.60 bits per heavy atom. The van der Waals surface area contributed by atoms with Crippen molar-refractivity contribution >= 4 is 0 Å². The number of nitrogens with zero attached hydrogens (tertiary/aromatic N) is 2. The van der Waals surface area contributed by atoms with E-state index in [1.807, 2.05) is 36.2 Å². The first-order valence-corrected chi connectivity index (χ1v) is 12.7. The highest BCUT2D eigenvalue weighted by atomic mass is 16.5. The number of ether oxygens (including phenoxy) is 2. The van der Waals surface area contributed by atoms with Gasteiger partial charge in [-0.1, -0.05) is 24.3 Å². The van der Waals surface area contributed by atoms with Crippen LogP contribution in [0, 0.1) is 13.8 Å². The lowest BCUT2D eigenvalue weighted by molar-refractivity contribution is 0.0653. The molecule has 2 unspecified atom stereocenters. The van der Waals surface area contributed by atoms with Crippen molar-refractivity contribution in [2.75, 3.05) is 59.6 Å². The normalized spacial score (nSPS) is 17.2. The van der Waals surface area contributed by atoms with Gasteiger partial charge in [-0.15, -0.1) is 0 Å². The van der Waals surface area contributed by atoms with Gasteiger partial charge in [0.25, 0.3) is 0 Å². The summed E-state index contributed by atoms with van der Waals surface area (Å²) in [6.07, 6.45) is 1.76. The number of aliphatic hydroxyl groups is 3. The van der Waals surface area contributed by atoms with Crippen molar-refractivity contribution in [1.29, 1.82) is 0 Å². The lowest BCUT2D eigenvalue weighted by Gasteiger charge is -2.20. The summed E-state index contributed by atoms with van der Waals surface area (Å²) in [4.78, 5) is 4.29. The Bertz CT molecular complexity index is 922. The molecule has 0 spiro atoms. The molecular weight excluding hydrogens is 444 g/mol. The number of hydrogen-bond acceptors (Lipinski definition) is 7. The van der Waals surface area contributed by atoms with E-state index in [2.05, 4.69) is 30.9 Å². The van der Waals surface area contributed by atoms with Gasteiger partial charge in [0, 0.05) is 32.7 Å². The fourth-order valence-electron chi connectivity index (χ4n) is 4.64. The molecular formula is C28H42N2O5. The summed E-state index contributed by atoms with van der Waals surface area (Å²) in [5.74, 6) is 1.78. The molecule has 194 valence electrons. The standard InChI is InChI=1S/C28H42N2O5/c1-21-25(8-4-10-27(21)34-16-6-13-29(3)18-24(33)20-31)26-9-5-11-28(22(26)2)35-17-7-14-30-15-12-23(32)19-30/h4-5,8-11,23-24,31-33H,6-7,12-20H2,1-3H3. The van der Waals surface area contributed by atoms with Crippen LogP contribution < -0.4 is 9.47 Å². The van der Waals surface area contributed by atoms with E-state index in [1.165, 1.54) is 0 Å². The predicted molar refractivity (Wildman–Crippen MR) is 139 cm³/mol. The molecule has 1 aliphatic heterocycles. The Hall–Kier alpha value is -2.16. The molecule has 7 nitrogen and oxygen atoms in total. The summed E-state index contributed by atoms with van der Waals surface area (Å²) in [5, 5.41) is 28.2. The molecule has 0 aromatic heterocycles. The molecule has 2 atom stereocenters. The highest BCUT2D eigenvalue weighted by Gasteiger charge is 2.19. The van der Waals surface area contributed by atoms with E-state index >= 15 is 0 Å². The Balaban J connectivity index is 1.55. The average Bonchev–Trinajstić information content (AvgIpc) is 3.26. The third-order valence-corrected chi connectivity index (χ3v) is 6.66. The van der Waals surface area contributed by atoms with Crippen molar-refractivity contribution in [3.05, 3.63) is 47.5 Å². The van der Waals surface area contributed by atoms with Gasteiger partial charge in [0.2, 0.25) is 0 Å². The number of likely N-dealkylation sites (N-methyl/N-ethyl adjacent to an activating group) is 1. The van der Waals surface area contributed by atoms with Crippen molar-refractivity contribution in [3.63, 3.8) is 0 Å². The van der Waals surface area contributed by atoms with Gasteiger partial charge in [0.05, 0.1) is 32.0 Å². The molecule has 2 aromatic carbocycles. The lowest BCUT2D eigenvalue weighted by atomic mass is 9.95. The first-order chi connectivity index (χ1) is 16.9. The van der Waals surface area contributed by atoms with E-state index in [0.29, 0.717) is 19.8 Å². The van der Waals surface area contributed by atoms with Crippen molar-refractivity contribution < 1.29 is 24.8 Å². The largest absolute Gasteiger partial charge is 0.493 e. The van der Waals surface area contributed by atoms with Crippen molar-refractivity contribution in [3.8, 4) is 22.6 Å². The van der Waals surface area contributed by atoms with Gasteiger partial charge in [0.1, 0.15) is 11.5 Å². The second kappa shape index (κ2) is 13.8. The number of hydrogen-bond donors (Lipinski definition) is 3. The molecule has 0 aliphatic carbocycles. The first-order valence-electron chi connectivity index (χ1n) is 12.7. The Labute approximate surface area is 209 Å². The second-order valence-electron chi connectivity index (χ2n) is 9.60. The summed E-state index contributed by atoms with van der Waals surface area (Å²) in [7, 11) is 1.93. The summed E-state index contributed by atoms with van der Waals surface area (Å²) in [5.41, 5.74) is 4.50. The van der Waals surface area contributed by atoms with Gasteiger partial charge in [-0.2, -0.15) is 0 Å². The van der Waals surface area contributed by atoms with Crippen LogP contribution in [-0.4, -0.2) is 96.9 Å². The highest BCUT2D eigenvalue weighted by molar-refractivity contribution is 5.74. The van der Waals surface area contributed by atoms with Gasteiger partial charge in [-0.25, -0.2) is 0 Å². The highest BCUT2D eigenvalue weighted by Crippen LogP contribution is 2.35.